The smallest absolute Gasteiger partial charge is 0.433 e. The van der Waals surface area contributed by atoms with E-state index < -0.39 is 17.5 Å². The van der Waals surface area contributed by atoms with Crippen molar-refractivity contribution in [3.63, 3.8) is 0 Å². The van der Waals surface area contributed by atoms with Crippen molar-refractivity contribution >= 4 is 12.1 Å². The van der Waals surface area contributed by atoms with Crippen LogP contribution in [0, 0.1) is 5.41 Å². The van der Waals surface area contributed by atoms with Crippen LogP contribution in [0.1, 0.15) is 6.92 Å². The van der Waals surface area contributed by atoms with Gasteiger partial charge in [0, 0.05) is 0 Å². The van der Waals surface area contributed by atoms with E-state index in [0.29, 0.717) is 0 Å². The number of carbonyl (C=O) groups is 2. The molecule has 1 heterocycles. The lowest BCUT2D eigenvalue weighted by Crippen LogP contribution is -2.44. The van der Waals surface area contributed by atoms with Crippen LogP contribution < -0.4 is 5.90 Å². The zero-order valence-electron chi connectivity index (χ0n) is 6.53. The molecule has 0 unspecified atom stereocenters. The number of hydrogen-bond acceptors (Lipinski definition) is 6. The van der Waals surface area contributed by atoms with Gasteiger partial charge in [-0.25, -0.2) is 9.59 Å². The molecule has 0 radical (unpaired) electrons. The maximum atomic E-state index is 11.0. The molecule has 68 valence electrons. The van der Waals surface area contributed by atoms with Crippen LogP contribution in [0.25, 0.3) is 0 Å². The zero-order valence-corrected chi connectivity index (χ0v) is 6.53. The highest BCUT2D eigenvalue weighted by Crippen LogP contribution is 2.23. The fraction of sp³-hybridized carbons (Fsp3) is 0.667. The van der Waals surface area contributed by atoms with Crippen LogP contribution in [-0.4, -0.2) is 25.3 Å². The minimum Gasteiger partial charge on any atom is -0.433 e. The molecule has 0 atom stereocenters. The number of nitrogens with two attached hydrogens (primary N) is 1. The summed E-state index contributed by atoms with van der Waals surface area (Å²) in [6.07, 6.45) is -0.780. The summed E-state index contributed by atoms with van der Waals surface area (Å²) in [6, 6.07) is 0. The van der Waals surface area contributed by atoms with Gasteiger partial charge >= 0.3 is 12.1 Å². The van der Waals surface area contributed by atoms with Crippen molar-refractivity contribution in [3.8, 4) is 0 Å². The number of rotatable bonds is 1. The maximum absolute atomic E-state index is 11.0. The molecule has 6 heteroatoms. The van der Waals surface area contributed by atoms with E-state index in [1.165, 1.54) is 6.92 Å². The summed E-state index contributed by atoms with van der Waals surface area (Å²) in [5.41, 5.74) is -0.983. The third kappa shape index (κ3) is 1.48. The zero-order chi connectivity index (χ0) is 9.19. The third-order valence-electron chi connectivity index (χ3n) is 1.62. The molecule has 12 heavy (non-hydrogen) atoms. The Morgan fingerprint density at radius 2 is 2.08 bits per heavy atom. The van der Waals surface area contributed by atoms with Gasteiger partial charge < -0.3 is 14.3 Å². The van der Waals surface area contributed by atoms with Crippen LogP contribution in [0.5, 0.6) is 0 Å². The summed E-state index contributed by atoms with van der Waals surface area (Å²) in [4.78, 5) is 25.4. The second-order valence-corrected chi connectivity index (χ2v) is 2.79. The highest BCUT2D eigenvalue weighted by atomic mass is 16.7. The standard InChI is InChI=1S/C6H9NO5/c1-6(4(8)12-7)2-10-5(9)11-3-6/h2-3,7H2,1H3. The number of hydrogen-bond donors (Lipinski definition) is 1. The van der Waals surface area contributed by atoms with Gasteiger partial charge in [0.15, 0.2) is 0 Å². The second kappa shape index (κ2) is 2.98. The first-order valence-electron chi connectivity index (χ1n) is 3.29. The molecule has 0 spiro atoms. The normalized spacial score (nSPS) is 20.7. The Kier molecular flexibility index (Phi) is 2.18. The highest BCUT2D eigenvalue weighted by Gasteiger charge is 2.41. The summed E-state index contributed by atoms with van der Waals surface area (Å²) < 4.78 is 9.00. The first-order valence-corrected chi connectivity index (χ1v) is 3.29. The summed E-state index contributed by atoms with van der Waals surface area (Å²) in [6.45, 7) is 1.40. The van der Waals surface area contributed by atoms with Crippen LogP contribution in [0.15, 0.2) is 0 Å². The van der Waals surface area contributed by atoms with E-state index in [-0.39, 0.29) is 13.2 Å². The highest BCUT2D eigenvalue weighted by molar-refractivity contribution is 5.78. The van der Waals surface area contributed by atoms with Gasteiger partial charge in [0.1, 0.15) is 18.6 Å². The molecule has 0 saturated carbocycles. The molecule has 0 aromatic carbocycles. The van der Waals surface area contributed by atoms with E-state index >= 15 is 0 Å². The number of cyclic esters (lactones) is 2. The molecular weight excluding hydrogens is 166 g/mol. The summed E-state index contributed by atoms with van der Waals surface area (Å²) >= 11 is 0. The average molecular weight is 175 g/mol. The second-order valence-electron chi connectivity index (χ2n) is 2.79. The molecule has 2 N–H and O–H groups in total. The summed E-state index contributed by atoms with van der Waals surface area (Å²) in [7, 11) is 0. The van der Waals surface area contributed by atoms with Crippen molar-refractivity contribution < 1.29 is 23.9 Å². The van der Waals surface area contributed by atoms with Crippen molar-refractivity contribution in [2.75, 3.05) is 13.2 Å². The minimum absolute atomic E-state index is 0.0676. The van der Waals surface area contributed by atoms with E-state index in [9.17, 15) is 9.59 Å². The van der Waals surface area contributed by atoms with Crippen LogP contribution in [0.2, 0.25) is 0 Å². The Morgan fingerprint density at radius 1 is 1.58 bits per heavy atom. The molecule has 0 amide bonds. The van der Waals surface area contributed by atoms with Crippen molar-refractivity contribution in [1.82, 2.24) is 0 Å². The number of ether oxygens (including phenoxy) is 2. The molecule has 1 saturated heterocycles. The molecule has 0 aromatic heterocycles. The Labute approximate surface area is 68.5 Å². The van der Waals surface area contributed by atoms with Gasteiger partial charge in [-0.1, -0.05) is 0 Å². The SMILES string of the molecule is CC1(C(=O)ON)COC(=O)OC1. The first-order chi connectivity index (χ1) is 5.58. The molecule has 0 bridgehead atoms. The largest absolute Gasteiger partial charge is 0.508 e. The van der Waals surface area contributed by atoms with Crippen molar-refractivity contribution in [3.05, 3.63) is 0 Å². The minimum atomic E-state index is -0.983. The summed E-state index contributed by atoms with van der Waals surface area (Å²) in [5.74, 6) is 4.02. The first kappa shape index (κ1) is 8.79. The Balaban J connectivity index is 2.61. The van der Waals surface area contributed by atoms with Gasteiger partial charge in [-0.15, -0.1) is 0 Å². The Bertz CT molecular complexity index is 204. The molecule has 0 aromatic rings. The van der Waals surface area contributed by atoms with Crippen molar-refractivity contribution in [1.29, 1.82) is 0 Å². The molecule has 1 fully saturated rings. The lowest BCUT2D eigenvalue weighted by atomic mass is 9.93. The van der Waals surface area contributed by atoms with Crippen LogP contribution in [0.3, 0.4) is 0 Å². The fourth-order valence-electron chi connectivity index (χ4n) is 0.780. The van der Waals surface area contributed by atoms with E-state index in [1.54, 1.807) is 0 Å². The molecular formula is C6H9NO5. The predicted octanol–water partition coefficient (Wildman–Crippen LogP) is -0.424. The van der Waals surface area contributed by atoms with Gasteiger partial charge in [0.2, 0.25) is 0 Å². The van der Waals surface area contributed by atoms with Gasteiger partial charge in [0.25, 0.3) is 0 Å². The predicted molar refractivity (Wildman–Crippen MR) is 35.7 cm³/mol. The quantitative estimate of drug-likeness (QED) is 0.430. The van der Waals surface area contributed by atoms with Gasteiger partial charge in [-0.3, -0.25) is 0 Å². The van der Waals surface area contributed by atoms with E-state index in [1.807, 2.05) is 0 Å². The average Bonchev–Trinajstić information content (AvgIpc) is 2.09. The van der Waals surface area contributed by atoms with Crippen LogP contribution >= 0.6 is 0 Å². The lowest BCUT2D eigenvalue weighted by Gasteiger charge is -2.28. The molecule has 1 aliphatic heterocycles. The van der Waals surface area contributed by atoms with Crippen LogP contribution in [-0.2, 0) is 19.1 Å². The maximum Gasteiger partial charge on any atom is 0.508 e. The van der Waals surface area contributed by atoms with Crippen molar-refractivity contribution in [2.45, 2.75) is 6.92 Å². The van der Waals surface area contributed by atoms with Gasteiger partial charge in [0.05, 0.1) is 0 Å². The molecule has 1 rings (SSSR count). The Hall–Kier alpha value is -1.30. The Morgan fingerprint density at radius 3 is 2.50 bits per heavy atom. The fourth-order valence-corrected chi connectivity index (χ4v) is 0.780. The lowest BCUT2D eigenvalue weighted by molar-refractivity contribution is -0.166. The van der Waals surface area contributed by atoms with Gasteiger partial charge in [-0.2, -0.15) is 5.90 Å². The van der Waals surface area contributed by atoms with Crippen molar-refractivity contribution in [2.24, 2.45) is 11.3 Å². The van der Waals surface area contributed by atoms with Gasteiger partial charge in [-0.05, 0) is 6.92 Å². The van der Waals surface area contributed by atoms with E-state index in [0.717, 1.165) is 0 Å². The third-order valence-corrected chi connectivity index (χ3v) is 1.62. The topological polar surface area (TPSA) is 87.9 Å². The van der Waals surface area contributed by atoms with E-state index in [2.05, 4.69) is 20.2 Å². The molecule has 1 aliphatic rings. The van der Waals surface area contributed by atoms with E-state index in [4.69, 9.17) is 0 Å². The van der Waals surface area contributed by atoms with Crippen LogP contribution in [0.4, 0.5) is 4.79 Å². The summed E-state index contributed by atoms with van der Waals surface area (Å²) in [5, 5.41) is 0. The monoisotopic (exact) mass is 175 g/mol. The molecule has 0 aliphatic carbocycles. The molecule has 6 nitrogen and oxygen atoms in total. The number of carbonyl (C=O) groups excluding carboxylic acids is 2.